The number of aliphatic hydroxyl groups excluding tert-OH is 1. The second-order valence-electron chi connectivity index (χ2n) is 5.47. The molecule has 22 heavy (non-hydrogen) atoms. The topological polar surface area (TPSA) is 105 Å². The summed E-state index contributed by atoms with van der Waals surface area (Å²) < 4.78 is 0. The second kappa shape index (κ2) is 7.91. The fourth-order valence-corrected chi connectivity index (χ4v) is 2.43. The summed E-state index contributed by atoms with van der Waals surface area (Å²) in [4.78, 5) is 0. The Morgan fingerprint density at radius 1 is 1.00 bits per heavy atom. The zero-order valence-electron chi connectivity index (χ0n) is 12.4. The van der Waals surface area contributed by atoms with Gasteiger partial charge in [-0.05, 0) is 29.2 Å². The van der Waals surface area contributed by atoms with Crippen LogP contribution in [0.4, 0.5) is 0 Å². The van der Waals surface area contributed by atoms with Gasteiger partial charge in [-0.2, -0.15) is 0 Å². The third kappa shape index (κ3) is 4.54. The lowest BCUT2D eigenvalue weighted by Crippen LogP contribution is -2.38. The van der Waals surface area contributed by atoms with Crippen molar-refractivity contribution in [2.24, 2.45) is 11.6 Å². The molecule has 118 valence electrons. The van der Waals surface area contributed by atoms with Crippen LogP contribution in [-0.4, -0.2) is 22.4 Å². The first-order valence-corrected chi connectivity index (χ1v) is 7.32. The van der Waals surface area contributed by atoms with Gasteiger partial charge in [0.15, 0.2) is 0 Å². The summed E-state index contributed by atoms with van der Waals surface area (Å²) in [6, 6.07) is 14.6. The fraction of sp³-hybridized carbons (Fsp3) is 0.294. The van der Waals surface area contributed by atoms with E-state index in [-0.39, 0.29) is 5.75 Å². The van der Waals surface area contributed by atoms with Crippen LogP contribution in [0.25, 0.3) is 0 Å². The Morgan fingerprint density at radius 2 is 1.73 bits per heavy atom. The van der Waals surface area contributed by atoms with Crippen LogP contribution in [0.1, 0.15) is 16.7 Å². The van der Waals surface area contributed by atoms with Crippen molar-refractivity contribution in [1.82, 2.24) is 5.43 Å². The van der Waals surface area contributed by atoms with Crippen molar-refractivity contribution in [2.45, 2.75) is 31.5 Å². The van der Waals surface area contributed by atoms with E-state index in [4.69, 9.17) is 11.6 Å². The number of nitrogens with two attached hydrogens (primary N) is 2. The summed E-state index contributed by atoms with van der Waals surface area (Å²) in [5.41, 5.74) is 11.3. The SMILES string of the molecule is NNCc1ccc(O)c(C[C@H](O)[C@@H](N)Cc2ccccc2)c1. The lowest BCUT2D eigenvalue weighted by atomic mass is 9.96. The van der Waals surface area contributed by atoms with Gasteiger partial charge in [0.1, 0.15) is 5.75 Å². The van der Waals surface area contributed by atoms with Crippen molar-refractivity contribution in [1.29, 1.82) is 0 Å². The molecule has 0 bridgehead atoms. The average Bonchev–Trinajstić information content (AvgIpc) is 2.51. The van der Waals surface area contributed by atoms with Crippen LogP contribution < -0.4 is 17.0 Å². The molecule has 0 heterocycles. The van der Waals surface area contributed by atoms with Crippen molar-refractivity contribution >= 4 is 0 Å². The Morgan fingerprint density at radius 3 is 2.41 bits per heavy atom. The zero-order chi connectivity index (χ0) is 15.9. The van der Waals surface area contributed by atoms with Gasteiger partial charge in [0, 0.05) is 19.0 Å². The second-order valence-corrected chi connectivity index (χ2v) is 5.47. The normalized spacial score (nSPS) is 13.8. The van der Waals surface area contributed by atoms with E-state index in [1.807, 2.05) is 36.4 Å². The third-order valence-electron chi connectivity index (χ3n) is 3.69. The van der Waals surface area contributed by atoms with Crippen molar-refractivity contribution in [3.8, 4) is 5.75 Å². The summed E-state index contributed by atoms with van der Waals surface area (Å²) in [6.07, 6.45) is 0.164. The van der Waals surface area contributed by atoms with Gasteiger partial charge in [0.25, 0.3) is 0 Å². The summed E-state index contributed by atoms with van der Waals surface area (Å²) >= 11 is 0. The van der Waals surface area contributed by atoms with Gasteiger partial charge in [-0.25, -0.2) is 0 Å². The molecule has 5 heteroatoms. The van der Waals surface area contributed by atoms with E-state index >= 15 is 0 Å². The average molecular weight is 301 g/mol. The molecule has 2 rings (SSSR count). The Balaban J connectivity index is 2.01. The van der Waals surface area contributed by atoms with Gasteiger partial charge < -0.3 is 15.9 Å². The van der Waals surface area contributed by atoms with Crippen LogP contribution in [0.15, 0.2) is 48.5 Å². The highest BCUT2D eigenvalue weighted by Crippen LogP contribution is 2.21. The number of phenolic OH excluding ortho intramolecular Hbond substituents is 1. The maximum absolute atomic E-state index is 10.3. The number of hydrogen-bond acceptors (Lipinski definition) is 5. The van der Waals surface area contributed by atoms with E-state index in [0.29, 0.717) is 24.9 Å². The van der Waals surface area contributed by atoms with E-state index in [0.717, 1.165) is 11.1 Å². The Bertz CT molecular complexity index is 590. The number of rotatable bonds is 7. The molecular weight excluding hydrogens is 278 g/mol. The highest BCUT2D eigenvalue weighted by molar-refractivity contribution is 5.36. The molecule has 0 fully saturated rings. The quantitative estimate of drug-likeness (QED) is 0.385. The number of aliphatic hydroxyl groups is 1. The molecule has 0 saturated heterocycles. The highest BCUT2D eigenvalue weighted by Gasteiger charge is 2.17. The standard InChI is InChI=1S/C17H23N3O2/c18-15(9-12-4-2-1-3-5-12)17(22)10-14-8-13(11-20-19)6-7-16(14)21/h1-8,15,17,20-22H,9-11,18-19H2/t15-,17-/m0/s1. The summed E-state index contributed by atoms with van der Waals surface area (Å²) in [6.45, 7) is 0.499. The molecule has 0 aliphatic rings. The van der Waals surface area contributed by atoms with Gasteiger partial charge in [0.05, 0.1) is 6.10 Å². The molecule has 2 aromatic carbocycles. The van der Waals surface area contributed by atoms with E-state index in [9.17, 15) is 10.2 Å². The summed E-state index contributed by atoms with van der Waals surface area (Å²) in [7, 11) is 0. The summed E-state index contributed by atoms with van der Waals surface area (Å²) in [5, 5.41) is 20.2. The van der Waals surface area contributed by atoms with Crippen molar-refractivity contribution in [3.63, 3.8) is 0 Å². The van der Waals surface area contributed by atoms with Crippen molar-refractivity contribution in [2.75, 3.05) is 0 Å². The lowest BCUT2D eigenvalue weighted by molar-refractivity contribution is 0.143. The minimum absolute atomic E-state index is 0.159. The molecule has 0 spiro atoms. The number of aromatic hydroxyl groups is 1. The Kier molecular flexibility index (Phi) is 5.91. The van der Waals surface area contributed by atoms with Crippen LogP contribution in [0.3, 0.4) is 0 Å². The van der Waals surface area contributed by atoms with Gasteiger partial charge in [-0.15, -0.1) is 0 Å². The highest BCUT2D eigenvalue weighted by atomic mass is 16.3. The fourth-order valence-electron chi connectivity index (χ4n) is 2.43. The van der Waals surface area contributed by atoms with Gasteiger partial charge in [-0.1, -0.05) is 42.5 Å². The molecule has 7 N–H and O–H groups in total. The summed E-state index contributed by atoms with van der Waals surface area (Å²) in [5.74, 6) is 5.46. The van der Waals surface area contributed by atoms with Crippen molar-refractivity contribution in [3.05, 3.63) is 65.2 Å². The molecule has 2 atom stereocenters. The van der Waals surface area contributed by atoms with Gasteiger partial charge in [-0.3, -0.25) is 11.3 Å². The van der Waals surface area contributed by atoms with E-state index in [2.05, 4.69) is 5.43 Å². The molecule has 5 nitrogen and oxygen atoms in total. The largest absolute Gasteiger partial charge is 0.508 e. The van der Waals surface area contributed by atoms with E-state index in [1.54, 1.807) is 12.1 Å². The molecule has 0 amide bonds. The van der Waals surface area contributed by atoms with Crippen molar-refractivity contribution < 1.29 is 10.2 Å². The molecule has 0 unspecified atom stereocenters. The molecule has 0 aromatic heterocycles. The monoisotopic (exact) mass is 301 g/mol. The van der Waals surface area contributed by atoms with Crippen LogP contribution in [0.2, 0.25) is 0 Å². The molecule has 0 radical (unpaired) electrons. The lowest BCUT2D eigenvalue weighted by Gasteiger charge is -2.20. The van der Waals surface area contributed by atoms with Gasteiger partial charge in [0.2, 0.25) is 0 Å². The molecule has 0 aliphatic heterocycles. The van der Waals surface area contributed by atoms with Crippen LogP contribution in [0.5, 0.6) is 5.75 Å². The Labute approximate surface area is 130 Å². The number of phenols is 1. The third-order valence-corrected chi connectivity index (χ3v) is 3.69. The van der Waals surface area contributed by atoms with Gasteiger partial charge >= 0.3 is 0 Å². The first-order chi connectivity index (χ1) is 10.6. The zero-order valence-corrected chi connectivity index (χ0v) is 12.4. The minimum Gasteiger partial charge on any atom is -0.508 e. The van der Waals surface area contributed by atoms with Crippen LogP contribution in [0, 0.1) is 0 Å². The number of hydrazine groups is 1. The number of hydrogen-bond donors (Lipinski definition) is 5. The molecule has 0 aliphatic carbocycles. The first kappa shape index (κ1) is 16.5. The first-order valence-electron chi connectivity index (χ1n) is 7.32. The predicted octanol–water partition coefficient (Wildman–Crippen LogP) is 0.829. The minimum atomic E-state index is -0.729. The number of benzene rings is 2. The molecule has 0 saturated carbocycles. The maximum Gasteiger partial charge on any atom is 0.118 e. The van der Waals surface area contributed by atoms with E-state index in [1.165, 1.54) is 0 Å². The smallest absolute Gasteiger partial charge is 0.118 e. The Hall–Kier alpha value is -1.92. The van der Waals surface area contributed by atoms with Crippen LogP contribution in [-0.2, 0) is 19.4 Å². The number of nitrogens with one attached hydrogen (secondary N) is 1. The van der Waals surface area contributed by atoms with E-state index < -0.39 is 12.1 Å². The maximum atomic E-state index is 10.3. The molecule has 2 aromatic rings. The molecular formula is C17H23N3O2. The predicted molar refractivity (Wildman–Crippen MR) is 87.0 cm³/mol. The van der Waals surface area contributed by atoms with Crippen LogP contribution >= 0.6 is 0 Å².